The lowest BCUT2D eigenvalue weighted by molar-refractivity contribution is -0.162. The highest BCUT2D eigenvalue weighted by atomic mass is 19.4. The van der Waals surface area contributed by atoms with Crippen molar-refractivity contribution in [3.8, 4) is 0 Å². The molecule has 2 rings (SSSR count). The fourth-order valence-corrected chi connectivity index (χ4v) is 3.08. The van der Waals surface area contributed by atoms with Crippen LogP contribution < -0.4 is 0 Å². The number of nitrogens with zero attached hydrogens (tertiary/aromatic N) is 1. The first-order chi connectivity index (χ1) is 8.47. The molecular formula is C12H18F3NO2. The monoisotopic (exact) mass is 265 g/mol. The third-order valence-electron chi connectivity index (χ3n) is 3.84. The highest BCUT2D eigenvalue weighted by Gasteiger charge is 2.38. The fraction of sp³-hybridized carbons (Fsp3) is 0.917. The molecule has 2 aliphatic rings. The van der Waals surface area contributed by atoms with Gasteiger partial charge < -0.3 is 9.64 Å². The smallest absolute Gasteiger partial charge is 0.422 e. The molecule has 1 aliphatic carbocycles. The lowest BCUT2D eigenvalue weighted by Crippen LogP contribution is -2.40. The van der Waals surface area contributed by atoms with Gasteiger partial charge in [-0.15, -0.1) is 0 Å². The van der Waals surface area contributed by atoms with Gasteiger partial charge in [0.25, 0.3) is 0 Å². The molecule has 1 saturated carbocycles. The number of halogens is 3. The molecule has 6 heteroatoms. The third-order valence-corrected chi connectivity index (χ3v) is 3.84. The summed E-state index contributed by atoms with van der Waals surface area (Å²) in [5, 5.41) is 0. The van der Waals surface area contributed by atoms with Gasteiger partial charge in [0.2, 0.25) is 0 Å². The van der Waals surface area contributed by atoms with Crippen molar-refractivity contribution < 1.29 is 22.7 Å². The van der Waals surface area contributed by atoms with Crippen LogP contribution in [-0.4, -0.2) is 36.4 Å². The molecule has 2 fully saturated rings. The molecule has 1 amide bonds. The van der Waals surface area contributed by atoms with E-state index in [-0.39, 0.29) is 6.04 Å². The van der Waals surface area contributed by atoms with Gasteiger partial charge in [-0.1, -0.05) is 12.8 Å². The molecule has 0 aromatic rings. The van der Waals surface area contributed by atoms with E-state index >= 15 is 0 Å². The summed E-state index contributed by atoms with van der Waals surface area (Å²) in [4.78, 5) is 13.2. The van der Waals surface area contributed by atoms with Crippen LogP contribution in [0, 0.1) is 5.92 Å². The average Bonchev–Trinajstić information content (AvgIpc) is 2.94. The summed E-state index contributed by atoms with van der Waals surface area (Å²) in [6, 6.07) is 0.0910. The number of hydrogen-bond donors (Lipinski definition) is 0. The lowest BCUT2D eigenvalue weighted by atomic mass is 9.96. The van der Waals surface area contributed by atoms with Gasteiger partial charge in [-0.3, -0.25) is 0 Å². The largest absolute Gasteiger partial charge is 0.440 e. The van der Waals surface area contributed by atoms with Crippen molar-refractivity contribution in [1.29, 1.82) is 0 Å². The van der Waals surface area contributed by atoms with E-state index in [2.05, 4.69) is 4.74 Å². The van der Waals surface area contributed by atoms with Crippen molar-refractivity contribution in [2.45, 2.75) is 50.7 Å². The highest BCUT2D eigenvalue weighted by molar-refractivity contribution is 5.68. The van der Waals surface area contributed by atoms with E-state index in [4.69, 9.17) is 0 Å². The Morgan fingerprint density at radius 2 is 1.83 bits per heavy atom. The van der Waals surface area contributed by atoms with Gasteiger partial charge in [0.1, 0.15) is 0 Å². The summed E-state index contributed by atoms with van der Waals surface area (Å²) in [6.45, 7) is -0.961. The number of carbonyl (C=O) groups excluding carboxylic acids is 1. The zero-order chi connectivity index (χ0) is 13.2. The van der Waals surface area contributed by atoms with Crippen molar-refractivity contribution in [3.63, 3.8) is 0 Å². The number of amides is 1. The number of alkyl halides is 3. The van der Waals surface area contributed by atoms with E-state index in [0.29, 0.717) is 12.5 Å². The van der Waals surface area contributed by atoms with Crippen molar-refractivity contribution >= 4 is 6.09 Å². The summed E-state index contributed by atoms with van der Waals surface area (Å²) in [5.41, 5.74) is 0. The lowest BCUT2D eigenvalue weighted by Gasteiger charge is -2.28. The zero-order valence-corrected chi connectivity index (χ0v) is 10.2. The van der Waals surface area contributed by atoms with E-state index < -0.39 is 18.9 Å². The topological polar surface area (TPSA) is 29.5 Å². The van der Waals surface area contributed by atoms with Crippen LogP contribution in [0.1, 0.15) is 38.5 Å². The van der Waals surface area contributed by atoms with Crippen LogP contribution in [0.4, 0.5) is 18.0 Å². The summed E-state index contributed by atoms with van der Waals surface area (Å²) in [7, 11) is 0. The average molecular weight is 265 g/mol. The van der Waals surface area contributed by atoms with E-state index in [1.807, 2.05) is 0 Å². The number of hydrogen-bond acceptors (Lipinski definition) is 2. The number of likely N-dealkylation sites (tertiary alicyclic amines) is 1. The maximum Gasteiger partial charge on any atom is 0.422 e. The summed E-state index contributed by atoms with van der Waals surface area (Å²) >= 11 is 0. The van der Waals surface area contributed by atoms with Gasteiger partial charge in [0, 0.05) is 12.6 Å². The van der Waals surface area contributed by atoms with Crippen LogP contribution in [-0.2, 0) is 4.74 Å². The van der Waals surface area contributed by atoms with Gasteiger partial charge in [0.15, 0.2) is 6.61 Å². The Hall–Kier alpha value is -0.940. The van der Waals surface area contributed by atoms with Gasteiger partial charge in [-0.05, 0) is 31.6 Å². The Morgan fingerprint density at radius 1 is 1.17 bits per heavy atom. The molecule has 1 atom stereocenters. The molecule has 0 N–H and O–H groups in total. The minimum absolute atomic E-state index is 0.0910. The second-order valence-electron chi connectivity index (χ2n) is 5.12. The Balaban J connectivity index is 1.88. The second-order valence-corrected chi connectivity index (χ2v) is 5.12. The van der Waals surface area contributed by atoms with Gasteiger partial charge in [-0.2, -0.15) is 13.2 Å². The molecule has 1 unspecified atom stereocenters. The normalized spacial score (nSPS) is 25.7. The number of ether oxygens (including phenoxy) is 1. The van der Waals surface area contributed by atoms with Gasteiger partial charge >= 0.3 is 12.3 Å². The van der Waals surface area contributed by atoms with Crippen molar-refractivity contribution in [3.05, 3.63) is 0 Å². The molecule has 0 spiro atoms. The fourth-order valence-electron chi connectivity index (χ4n) is 3.08. The minimum atomic E-state index is -4.45. The quantitative estimate of drug-likeness (QED) is 0.766. The maximum atomic E-state index is 12.0. The molecule has 0 radical (unpaired) electrons. The van der Waals surface area contributed by atoms with Crippen molar-refractivity contribution in [1.82, 2.24) is 4.90 Å². The van der Waals surface area contributed by atoms with Crippen molar-refractivity contribution in [2.75, 3.05) is 13.2 Å². The Kier molecular flexibility index (Phi) is 4.02. The van der Waals surface area contributed by atoms with Crippen LogP contribution in [0.5, 0.6) is 0 Å². The molecule has 1 heterocycles. The molecule has 18 heavy (non-hydrogen) atoms. The molecule has 1 saturated heterocycles. The standard InChI is InChI=1S/C12H18F3NO2/c13-12(14,15)8-18-11(17)16-7-3-6-10(16)9-4-1-2-5-9/h9-10H,1-8H2. The third kappa shape index (κ3) is 3.29. The first kappa shape index (κ1) is 13.5. The summed E-state index contributed by atoms with van der Waals surface area (Å²) in [5.74, 6) is 0.450. The van der Waals surface area contributed by atoms with Gasteiger partial charge in [-0.25, -0.2) is 4.79 Å². The van der Waals surface area contributed by atoms with Gasteiger partial charge in [0.05, 0.1) is 0 Å². The Labute approximate surface area is 104 Å². The highest BCUT2D eigenvalue weighted by Crippen LogP contribution is 2.35. The SMILES string of the molecule is O=C(OCC(F)(F)F)N1CCCC1C1CCCC1. The van der Waals surface area contributed by atoms with Crippen LogP contribution in [0.2, 0.25) is 0 Å². The molecule has 1 aliphatic heterocycles. The van der Waals surface area contributed by atoms with Crippen LogP contribution >= 0.6 is 0 Å². The number of carbonyl (C=O) groups is 1. The van der Waals surface area contributed by atoms with E-state index in [1.54, 1.807) is 0 Å². The molecule has 0 bridgehead atoms. The predicted octanol–water partition coefficient (Wildman–Crippen LogP) is 3.34. The van der Waals surface area contributed by atoms with E-state index in [1.165, 1.54) is 4.90 Å². The summed E-state index contributed by atoms with van der Waals surface area (Å²) < 4.78 is 40.4. The maximum absolute atomic E-state index is 12.0. The number of rotatable bonds is 2. The molecule has 0 aromatic carbocycles. The first-order valence-electron chi connectivity index (χ1n) is 6.47. The van der Waals surface area contributed by atoms with Crippen LogP contribution in [0.15, 0.2) is 0 Å². The minimum Gasteiger partial charge on any atom is -0.440 e. The molecular weight excluding hydrogens is 247 g/mol. The molecule has 0 aromatic heterocycles. The second kappa shape index (κ2) is 5.36. The molecule has 3 nitrogen and oxygen atoms in total. The predicted molar refractivity (Wildman–Crippen MR) is 59.1 cm³/mol. The molecule has 104 valence electrons. The summed E-state index contributed by atoms with van der Waals surface area (Å²) in [6.07, 6.45) is 0.981. The van der Waals surface area contributed by atoms with E-state index in [9.17, 15) is 18.0 Å². The first-order valence-corrected chi connectivity index (χ1v) is 6.47. The Bertz CT molecular complexity index is 300. The van der Waals surface area contributed by atoms with Crippen LogP contribution in [0.3, 0.4) is 0 Å². The van der Waals surface area contributed by atoms with Crippen molar-refractivity contribution in [2.24, 2.45) is 5.92 Å². The Morgan fingerprint density at radius 3 is 2.44 bits per heavy atom. The zero-order valence-electron chi connectivity index (χ0n) is 10.2. The van der Waals surface area contributed by atoms with E-state index in [0.717, 1.165) is 38.5 Å². The van der Waals surface area contributed by atoms with Crippen LogP contribution in [0.25, 0.3) is 0 Å².